The minimum Gasteiger partial charge on any atom is -0.577 e. The smallest absolute Gasteiger partial charge is 0.0563 e. The predicted octanol–water partition coefficient (Wildman–Crippen LogP) is 5.14. The van der Waals surface area contributed by atoms with Crippen LogP contribution in [-0.4, -0.2) is 21.4 Å². The Bertz CT molecular complexity index is 340. The topological polar surface area (TPSA) is 79.8 Å². The molecule has 1 radical (unpaired) electrons. The molecule has 0 amide bonds. The number of rotatable bonds is 0. The molecule has 0 fully saturated rings. The van der Waals surface area contributed by atoms with E-state index in [4.69, 9.17) is 20.7 Å². The third-order valence-corrected chi connectivity index (χ3v) is 2.81. The summed E-state index contributed by atoms with van der Waals surface area (Å²) in [6.45, 7) is 21.5. The van der Waals surface area contributed by atoms with Crippen molar-refractivity contribution in [1.29, 1.82) is 0 Å². The molecule has 23 heavy (non-hydrogen) atoms. The molecule has 0 aliphatic heterocycles. The van der Waals surface area contributed by atoms with Crippen molar-refractivity contribution in [3.63, 3.8) is 0 Å². The van der Waals surface area contributed by atoms with Gasteiger partial charge in [-0.2, -0.15) is 0 Å². The summed E-state index contributed by atoms with van der Waals surface area (Å²) < 4.78 is 0. The van der Waals surface area contributed by atoms with Gasteiger partial charge >= 0.3 is 0 Å². The van der Waals surface area contributed by atoms with Gasteiger partial charge in [0.15, 0.2) is 0 Å². The first-order chi connectivity index (χ1) is 9.55. The van der Waals surface area contributed by atoms with Crippen molar-refractivity contribution in [2.75, 3.05) is 0 Å². The quantitative estimate of drug-likeness (QED) is 0.544. The van der Waals surface area contributed by atoms with E-state index >= 15 is 0 Å². The molecule has 1 aliphatic carbocycles. The van der Waals surface area contributed by atoms with Crippen LogP contribution < -0.4 is 0 Å². The van der Waals surface area contributed by atoms with Crippen molar-refractivity contribution in [2.45, 2.75) is 87.4 Å². The zero-order valence-corrected chi connectivity index (χ0v) is 18.7. The average molecular weight is 409 g/mol. The van der Waals surface area contributed by atoms with Gasteiger partial charge in [-0.05, 0) is 80.4 Å². The SMILES string of the molecule is CC(C)(C)O.CC(C)(C)O.C[C]1C(C)=C(C)C(C)=C1C.[Mo].[N-]=O. The molecule has 4 nitrogen and oxygen atoms in total. The van der Waals surface area contributed by atoms with Crippen LogP contribution in [0.25, 0.3) is 5.59 Å². The summed E-state index contributed by atoms with van der Waals surface area (Å²) in [6.07, 6.45) is 0. The zero-order valence-electron chi connectivity index (χ0n) is 16.7. The van der Waals surface area contributed by atoms with Crippen LogP contribution in [0.15, 0.2) is 22.3 Å². The Morgan fingerprint density at radius 3 is 0.783 bits per heavy atom. The largest absolute Gasteiger partial charge is 0.577 e. The second-order valence-corrected chi connectivity index (χ2v) is 7.47. The Kier molecular flexibility index (Phi) is 17.3. The Labute approximate surface area is 157 Å². The number of hydrogen-bond donors (Lipinski definition) is 2. The summed E-state index contributed by atoms with van der Waals surface area (Å²) >= 11 is 0. The van der Waals surface area contributed by atoms with Crippen LogP contribution in [0.4, 0.5) is 0 Å². The minimum absolute atomic E-state index is 0. The predicted molar refractivity (Wildman–Crippen MR) is 96.3 cm³/mol. The second kappa shape index (κ2) is 13.0. The van der Waals surface area contributed by atoms with E-state index in [2.05, 4.69) is 34.6 Å². The standard InChI is InChI=1S/C10H15.2C4H10O.Mo.NO/c1-6-7(2)9(4)10(5)8(6)3;2*1-4(2,3)5;;1-2/h1-5H3;2*5H,1-3H3;;/q;;;;-1. The van der Waals surface area contributed by atoms with Gasteiger partial charge in [-0.1, -0.05) is 18.1 Å². The van der Waals surface area contributed by atoms with Crippen LogP contribution in [-0.2, 0) is 21.1 Å². The molecule has 2 N–H and O–H groups in total. The average Bonchev–Trinajstić information content (AvgIpc) is 2.46. The molecule has 0 unspecified atom stereocenters. The van der Waals surface area contributed by atoms with Crippen LogP contribution in [0.2, 0.25) is 0 Å². The summed E-state index contributed by atoms with van der Waals surface area (Å²) in [4.78, 5) is 7.25. The Balaban J connectivity index is -0.000000120. The number of allylic oxidation sites excluding steroid dienone is 4. The van der Waals surface area contributed by atoms with Crippen LogP contribution in [0.3, 0.4) is 0 Å². The maximum Gasteiger partial charge on any atom is 0.0563 e. The van der Waals surface area contributed by atoms with Gasteiger partial charge in [0.05, 0.1) is 11.2 Å². The number of nitroso groups, excluding NO2 is 1. The normalized spacial score (nSPS) is 14.7. The maximum atomic E-state index is 8.52. The molecule has 0 atom stereocenters. The van der Waals surface area contributed by atoms with E-state index in [-0.39, 0.29) is 21.1 Å². The van der Waals surface area contributed by atoms with Crippen LogP contribution in [0.1, 0.15) is 76.2 Å². The Morgan fingerprint density at radius 1 is 0.609 bits per heavy atom. The van der Waals surface area contributed by atoms with Crippen molar-refractivity contribution >= 4 is 0 Å². The summed E-state index contributed by atoms with van der Waals surface area (Å²) in [5.74, 6) is 1.47. The van der Waals surface area contributed by atoms with Crippen molar-refractivity contribution in [3.05, 3.63) is 38.7 Å². The van der Waals surface area contributed by atoms with Gasteiger partial charge in [-0.3, -0.25) is 0 Å². The molecular formula is C18H35MoNO3-. The van der Waals surface area contributed by atoms with E-state index in [0.717, 1.165) is 0 Å². The van der Waals surface area contributed by atoms with Crippen molar-refractivity contribution in [1.82, 2.24) is 0 Å². The molecule has 0 bridgehead atoms. The molecule has 0 saturated heterocycles. The van der Waals surface area contributed by atoms with Gasteiger partial charge in [-0.25, -0.2) is 0 Å². The molecule has 0 aromatic rings. The second-order valence-electron chi connectivity index (χ2n) is 7.47. The van der Waals surface area contributed by atoms with Crippen molar-refractivity contribution in [3.8, 4) is 0 Å². The number of nitrogens with zero attached hydrogens (tertiary/aromatic N) is 1. The van der Waals surface area contributed by atoms with E-state index < -0.39 is 11.2 Å². The fraction of sp³-hybridized carbons (Fsp3) is 0.722. The van der Waals surface area contributed by atoms with Gasteiger partial charge in [0.25, 0.3) is 0 Å². The molecule has 137 valence electrons. The zero-order chi connectivity index (χ0) is 18.9. The van der Waals surface area contributed by atoms with Crippen LogP contribution >= 0.6 is 0 Å². The molecule has 0 spiro atoms. The third kappa shape index (κ3) is 21.7. The van der Waals surface area contributed by atoms with E-state index in [0.29, 0.717) is 0 Å². The van der Waals surface area contributed by atoms with Crippen LogP contribution in [0, 0.1) is 10.8 Å². The summed E-state index contributed by atoms with van der Waals surface area (Å²) in [7, 11) is 0. The van der Waals surface area contributed by atoms with E-state index in [1.807, 2.05) is 0 Å². The fourth-order valence-corrected chi connectivity index (χ4v) is 1.41. The number of aliphatic hydroxyl groups is 2. The van der Waals surface area contributed by atoms with E-state index in [1.165, 1.54) is 28.2 Å². The molecule has 0 saturated carbocycles. The maximum absolute atomic E-state index is 8.52. The Morgan fingerprint density at radius 2 is 0.739 bits per heavy atom. The molecule has 0 aromatic carbocycles. The summed E-state index contributed by atoms with van der Waals surface area (Å²) in [6, 6.07) is 0. The number of hydrogen-bond acceptors (Lipinski definition) is 3. The summed E-state index contributed by atoms with van der Waals surface area (Å²) in [5.41, 5.74) is 10.6. The monoisotopic (exact) mass is 411 g/mol. The fourth-order valence-electron chi connectivity index (χ4n) is 1.41. The summed E-state index contributed by atoms with van der Waals surface area (Å²) in [5, 5.41) is 17.0. The van der Waals surface area contributed by atoms with Gasteiger partial charge in [0.1, 0.15) is 0 Å². The van der Waals surface area contributed by atoms with Gasteiger partial charge in [0.2, 0.25) is 0 Å². The van der Waals surface area contributed by atoms with E-state index in [9.17, 15) is 0 Å². The van der Waals surface area contributed by atoms with Gasteiger partial charge < -0.3 is 20.7 Å². The molecule has 5 heteroatoms. The van der Waals surface area contributed by atoms with Crippen LogP contribution in [0.5, 0.6) is 0 Å². The van der Waals surface area contributed by atoms with Gasteiger partial charge in [0, 0.05) is 27.0 Å². The Hall–Kier alpha value is -0.312. The van der Waals surface area contributed by atoms with Gasteiger partial charge in [-0.15, -0.1) is 0 Å². The molecule has 1 rings (SSSR count). The first-order valence-corrected chi connectivity index (χ1v) is 7.38. The van der Waals surface area contributed by atoms with Crippen molar-refractivity contribution in [2.24, 2.45) is 0 Å². The third-order valence-electron chi connectivity index (χ3n) is 2.81. The van der Waals surface area contributed by atoms with Crippen molar-refractivity contribution < 1.29 is 31.3 Å². The first kappa shape index (κ1) is 30.6. The molecule has 1 aliphatic rings. The molecule has 0 aromatic heterocycles. The molecule has 0 heterocycles. The minimum atomic E-state index is -0.500. The molecular weight excluding hydrogens is 374 g/mol. The van der Waals surface area contributed by atoms with E-state index in [1.54, 1.807) is 41.5 Å². The first-order valence-electron chi connectivity index (χ1n) is 7.38.